The summed E-state index contributed by atoms with van der Waals surface area (Å²) in [4.78, 5) is 4.64. The molecule has 2 nitrogen and oxygen atoms in total. The van der Waals surface area contributed by atoms with Crippen LogP contribution in [0.15, 0.2) is 24.3 Å². The maximum absolute atomic E-state index is 4.64. The molecule has 0 aliphatic carbocycles. The molecule has 1 aliphatic heterocycles. The fourth-order valence-electron chi connectivity index (χ4n) is 2.16. The predicted octanol–water partition coefficient (Wildman–Crippen LogP) is 2.54. The molecule has 1 aliphatic rings. The topological polar surface area (TPSA) is 17.8 Å². The Hall–Kier alpha value is -1.31. The summed E-state index contributed by atoms with van der Waals surface area (Å²) in [6, 6.07) is 8.38. The van der Waals surface area contributed by atoms with Gasteiger partial charge in [-0.05, 0) is 18.6 Å². The van der Waals surface area contributed by atoms with E-state index in [0.29, 0.717) is 5.92 Å². The average molecular weight is 172 g/mol. The third kappa shape index (κ3) is 0.857. The molecule has 0 amide bonds. The second-order valence-corrected chi connectivity index (χ2v) is 3.80. The minimum absolute atomic E-state index is 0.632. The van der Waals surface area contributed by atoms with Crippen molar-refractivity contribution < 1.29 is 0 Å². The smallest absolute Gasteiger partial charge is 0.112 e. The normalized spacial score (nSPS) is 20.8. The highest BCUT2D eigenvalue weighted by atomic mass is 15.1. The minimum atomic E-state index is 0.632. The van der Waals surface area contributed by atoms with Crippen LogP contribution in [-0.4, -0.2) is 9.55 Å². The lowest BCUT2D eigenvalue weighted by Gasteiger charge is -1.96. The Morgan fingerprint density at radius 1 is 1.38 bits per heavy atom. The zero-order valence-corrected chi connectivity index (χ0v) is 7.70. The van der Waals surface area contributed by atoms with Crippen molar-refractivity contribution in [3.8, 4) is 0 Å². The lowest BCUT2D eigenvalue weighted by molar-refractivity contribution is 0.710. The number of fused-ring (bicyclic) bond motifs is 3. The molecule has 2 aromatic rings. The Labute approximate surface area is 77.2 Å². The number of imidazole rings is 1. The van der Waals surface area contributed by atoms with Crippen LogP contribution in [0.25, 0.3) is 11.0 Å². The van der Waals surface area contributed by atoms with Crippen LogP contribution >= 0.6 is 0 Å². The predicted molar refractivity (Wildman–Crippen MR) is 52.8 cm³/mol. The summed E-state index contributed by atoms with van der Waals surface area (Å²) in [5.74, 6) is 1.90. The molecule has 3 rings (SSSR count). The van der Waals surface area contributed by atoms with Gasteiger partial charge in [-0.2, -0.15) is 0 Å². The van der Waals surface area contributed by atoms with Crippen molar-refractivity contribution in [1.29, 1.82) is 0 Å². The van der Waals surface area contributed by atoms with Crippen LogP contribution in [0, 0.1) is 0 Å². The molecular weight excluding hydrogens is 160 g/mol. The summed E-state index contributed by atoms with van der Waals surface area (Å²) in [5.41, 5.74) is 2.44. The van der Waals surface area contributed by atoms with Crippen molar-refractivity contribution in [2.75, 3.05) is 0 Å². The molecule has 13 heavy (non-hydrogen) atoms. The number of aromatic nitrogens is 2. The summed E-state index contributed by atoms with van der Waals surface area (Å²) >= 11 is 0. The molecule has 0 bridgehead atoms. The number of hydrogen-bond donors (Lipinski definition) is 0. The highest BCUT2D eigenvalue weighted by Gasteiger charge is 2.21. The maximum Gasteiger partial charge on any atom is 0.112 e. The van der Waals surface area contributed by atoms with Crippen molar-refractivity contribution in [1.82, 2.24) is 9.55 Å². The molecule has 0 saturated heterocycles. The summed E-state index contributed by atoms with van der Waals surface area (Å²) in [6.07, 6.45) is 1.24. The largest absolute Gasteiger partial charge is 0.328 e. The second kappa shape index (κ2) is 2.34. The molecule has 2 heteroatoms. The van der Waals surface area contributed by atoms with Crippen LogP contribution in [0.2, 0.25) is 0 Å². The fourth-order valence-corrected chi connectivity index (χ4v) is 2.16. The molecule has 1 atom stereocenters. The zero-order chi connectivity index (χ0) is 8.84. The van der Waals surface area contributed by atoms with Gasteiger partial charge < -0.3 is 4.57 Å². The molecule has 0 saturated carbocycles. The zero-order valence-electron chi connectivity index (χ0n) is 7.70. The quantitative estimate of drug-likeness (QED) is 0.597. The highest BCUT2D eigenvalue weighted by molar-refractivity contribution is 5.76. The summed E-state index contributed by atoms with van der Waals surface area (Å²) in [6.45, 7) is 3.39. The highest BCUT2D eigenvalue weighted by Crippen LogP contribution is 2.30. The van der Waals surface area contributed by atoms with E-state index < -0.39 is 0 Å². The maximum atomic E-state index is 4.64. The SMILES string of the molecule is C[C@H]1CCn2c1nc1ccccc12. The number of nitrogens with zero attached hydrogens (tertiary/aromatic N) is 2. The number of hydrogen-bond acceptors (Lipinski definition) is 1. The van der Waals surface area contributed by atoms with E-state index in [1.807, 2.05) is 0 Å². The van der Waals surface area contributed by atoms with Crippen molar-refractivity contribution in [3.63, 3.8) is 0 Å². The third-order valence-electron chi connectivity index (χ3n) is 2.91. The number of benzene rings is 1. The molecule has 2 heterocycles. The monoisotopic (exact) mass is 172 g/mol. The van der Waals surface area contributed by atoms with Crippen molar-refractivity contribution >= 4 is 11.0 Å². The average Bonchev–Trinajstić information content (AvgIpc) is 2.67. The van der Waals surface area contributed by atoms with Crippen LogP contribution in [0.1, 0.15) is 25.1 Å². The van der Waals surface area contributed by atoms with Gasteiger partial charge >= 0.3 is 0 Å². The molecule has 0 unspecified atom stereocenters. The number of aryl methyl sites for hydroxylation is 1. The third-order valence-corrected chi connectivity index (χ3v) is 2.91. The first-order valence-electron chi connectivity index (χ1n) is 4.81. The Bertz CT molecular complexity index is 456. The van der Waals surface area contributed by atoms with Crippen LogP contribution in [-0.2, 0) is 6.54 Å². The van der Waals surface area contributed by atoms with Gasteiger partial charge in [-0.25, -0.2) is 4.98 Å². The molecular formula is C11H12N2. The second-order valence-electron chi connectivity index (χ2n) is 3.80. The molecule has 0 N–H and O–H groups in total. The van der Waals surface area contributed by atoms with Crippen molar-refractivity contribution in [2.45, 2.75) is 25.8 Å². The van der Waals surface area contributed by atoms with Gasteiger partial charge in [0.1, 0.15) is 5.82 Å². The molecule has 1 aromatic carbocycles. The molecule has 0 spiro atoms. The van der Waals surface area contributed by atoms with Gasteiger partial charge in [0.15, 0.2) is 0 Å². The first-order valence-corrected chi connectivity index (χ1v) is 4.81. The fraction of sp³-hybridized carbons (Fsp3) is 0.364. The summed E-state index contributed by atoms with van der Waals surface area (Å²) < 4.78 is 2.35. The Morgan fingerprint density at radius 2 is 2.23 bits per heavy atom. The molecule has 0 fully saturated rings. The van der Waals surface area contributed by atoms with Gasteiger partial charge in [0, 0.05) is 12.5 Å². The van der Waals surface area contributed by atoms with Gasteiger partial charge in [0.05, 0.1) is 11.0 Å². The Balaban J connectivity index is 2.38. The van der Waals surface area contributed by atoms with Crippen LogP contribution < -0.4 is 0 Å². The van der Waals surface area contributed by atoms with Crippen LogP contribution in [0.5, 0.6) is 0 Å². The number of rotatable bonds is 0. The first-order chi connectivity index (χ1) is 6.36. The molecule has 66 valence electrons. The molecule has 0 radical (unpaired) electrons. The van der Waals surface area contributed by atoms with Gasteiger partial charge in [-0.3, -0.25) is 0 Å². The number of para-hydroxylation sites is 2. The van der Waals surface area contributed by atoms with E-state index in [2.05, 4.69) is 40.7 Å². The Kier molecular flexibility index (Phi) is 1.29. The van der Waals surface area contributed by atoms with E-state index in [1.54, 1.807) is 0 Å². The van der Waals surface area contributed by atoms with Crippen molar-refractivity contribution in [2.24, 2.45) is 0 Å². The van der Waals surface area contributed by atoms with Crippen molar-refractivity contribution in [3.05, 3.63) is 30.1 Å². The van der Waals surface area contributed by atoms with Gasteiger partial charge in [0.2, 0.25) is 0 Å². The van der Waals surface area contributed by atoms with E-state index in [1.165, 1.54) is 17.8 Å². The van der Waals surface area contributed by atoms with Gasteiger partial charge in [-0.15, -0.1) is 0 Å². The van der Waals surface area contributed by atoms with E-state index in [0.717, 1.165) is 12.1 Å². The first kappa shape index (κ1) is 7.13. The van der Waals surface area contributed by atoms with Crippen LogP contribution in [0.3, 0.4) is 0 Å². The van der Waals surface area contributed by atoms with E-state index in [-0.39, 0.29) is 0 Å². The van der Waals surface area contributed by atoms with Gasteiger partial charge in [0.25, 0.3) is 0 Å². The van der Waals surface area contributed by atoms with E-state index in [4.69, 9.17) is 0 Å². The standard InChI is InChI=1S/C11H12N2/c1-8-6-7-13-10-5-3-2-4-9(10)12-11(8)13/h2-5,8H,6-7H2,1H3/t8-/m0/s1. The minimum Gasteiger partial charge on any atom is -0.328 e. The van der Waals surface area contributed by atoms with Crippen LogP contribution in [0.4, 0.5) is 0 Å². The summed E-state index contributed by atoms with van der Waals surface area (Å²) in [5, 5.41) is 0. The Morgan fingerprint density at radius 3 is 3.15 bits per heavy atom. The van der Waals surface area contributed by atoms with E-state index in [9.17, 15) is 0 Å². The van der Waals surface area contributed by atoms with Gasteiger partial charge in [-0.1, -0.05) is 19.1 Å². The van der Waals surface area contributed by atoms with E-state index >= 15 is 0 Å². The lowest BCUT2D eigenvalue weighted by atomic mass is 10.1. The lowest BCUT2D eigenvalue weighted by Crippen LogP contribution is -1.91. The molecule has 1 aromatic heterocycles. The summed E-state index contributed by atoms with van der Waals surface area (Å²) in [7, 11) is 0.